The van der Waals surface area contributed by atoms with Crippen molar-refractivity contribution >= 4 is 11.8 Å². The van der Waals surface area contributed by atoms with E-state index in [1.807, 2.05) is 40.1 Å². The number of H-pyrrole nitrogens is 1. The summed E-state index contributed by atoms with van der Waals surface area (Å²) in [5.74, 6) is 1.21. The molecule has 2 aromatic rings. The Hall–Kier alpha value is -2.96. The average molecular weight is 449 g/mol. The van der Waals surface area contributed by atoms with E-state index in [2.05, 4.69) is 4.98 Å². The van der Waals surface area contributed by atoms with Crippen molar-refractivity contribution < 1.29 is 9.59 Å². The van der Waals surface area contributed by atoms with Crippen molar-refractivity contribution in [2.24, 2.45) is 5.92 Å². The third-order valence-corrected chi connectivity index (χ3v) is 7.48. The van der Waals surface area contributed by atoms with Crippen molar-refractivity contribution in [2.45, 2.75) is 70.4 Å². The first-order valence-electron chi connectivity index (χ1n) is 12.4. The minimum Gasteiger partial charge on any atom is -0.338 e. The number of carbonyl (C=O) groups excluding carboxylic acids is 2. The van der Waals surface area contributed by atoms with E-state index < -0.39 is 0 Å². The van der Waals surface area contributed by atoms with Gasteiger partial charge in [0.25, 0.3) is 11.5 Å². The van der Waals surface area contributed by atoms with E-state index in [9.17, 15) is 14.4 Å². The molecule has 7 heteroatoms. The molecule has 2 aliphatic heterocycles. The first-order valence-corrected chi connectivity index (χ1v) is 12.4. The topological polar surface area (TPSA) is 86.4 Å². The zero-order chi connectivity index (χ0) is 22.8. The van der Waals surface area contributed by atoms with E-state index in [-0.39, 0.29) is 23.4 Å². The minimum absolute atomic E-state index is 0.0237. The molecule has 1 aromatic carbocycles. The maximum atomic E-state index is 13.2. The molecule has 1 aliphatic carbocycles. The van der Waals surface area contributed by atoms with Gasteiger partial charge in [0.15, 0.2) is 0 Å². The van der Waals surface area contributed by atoms with Crippen LogP contribution in [0.3, 0.4) is 0 Å². The Bertz CT molecular complexity index is 1070. The van der Waals surface area contributed by atoms with E-state index in [0.29, 0.717) is 55.3 Å². The minimum atomic E-state index is -0.230. The lowest BCUT2D eigenvalue weighted by molar-refractivity contribution is -0.133. The van der Waals surface area contributed by atoms with Crippen molar-refractivity contribution in [1.82, 2.24) is 19.8 Å². The molecule has 3 aliphatic rings. The van der Waals surface area contributed by atoms with Gasteiger partial charge in [-0.05, 0) is 50.2 Å². The van der Waals surface area contributed by atoms with Crippen LogP contribution in [0, 0.1) is 5.92 Å². The van der Waals surface area contributed by atoms with Gasteiger partial charge in [0.05, 0.1) is 23.8 Å². The van der Waals surface area contributed by atoms with Crippen molar-refractivity contribution in [1.29, 1.82) is 0 Å². The molecule has 1 atom stereocenters. The quantitative estimate of drug-likeness (QED) is 0.774. The van der Waals surface area contributed by atoms with Crippen LogP contribution in [-0.4, -0.2) is 44.7 Å². The fourth-order valence-corrected chi connectivity index (χ4v) is 5.61. The second kappa shape index (κ2) is 9.49. The van der Waals surface area contributed by atoms with Crippen LogP contribution in [0.15, 0.2) is 35.1 Å². The van der Waals surface area contributed by atoms with E-state index in [0.717, 1.165) is 37.8 Å². The summed E-state index contributed by atoms with van der Waals surface area (Å²) in [6.07, 6.45) is 8.63. The number of likely N-dealkylation sites (tertiary alicyclic amines) is 1. The van der Waals surface area contributed by atoms with E-state index >= 15 is 0 Å². The van der Waals surface area contributed by atoms with Crippen molar-refractivity contribution in [3.05, 3.63) is 63.3 Å². The molecular formula is C26H32N4O3. The predicted molar refractivity (Wildman–Crippen MR) is 125 cm³/mol. The molecule has 1 saturated heterocycles. The van der Waals surface area contributed by atoms with Crippen molar-refractivity contribution in [3.8, 4) is 0 Å². The van der Waals surface area contributed by atoms with Gasteiger partial charge in [-0.15, -0.1) is 0 Å². The predicted octanol–water partition coefficient (Wildman–Crippen LogP) is 3.60. The third-order valence-electron chi connectivity index (χ3n) is 7.48. The number of rotatable bonds is 4. The van der Waals surface area contributed by atoms with Crippen LogP contribution in [0.1, 0.15) is 84.8 Å². The summed E-state index contributed by atoms with van der Waals surface area (Å²) in [6.45, 7) is 1.59. The summed E-state index contributed by atoms with van der Waals surface area (Å²) in [7, 11) is 0. The number of aromatic amines is 1. The molecule has 5 rings (SSSR count). The summed E-state index contributed by atoms with van der Waals surface area (Å²) >= 11 is 0. The first-order chi connectivity index (χ1) is 16.1. The molecular weight excluding hydrogens is 416 g/mol. The Kier molecular flexibility index (Phi) is 6.29. The number of carbonyl (C=O) groups is 2. The number of fused-ring (bicyclic) bond motifs is 1. The summed E-state index contributed by atoms with van der Waals surface area (Å²) in [6, 6.07) is 9.05. The lowest BCUT2D eigenvalue weighted by atomic mass is 9.98. The molecule has 2 fully saturated rings. The molecule has 1 unspecified atom stereocenters. The number of hydrogen-bond acceptors (Lipinski definition) is 4. The molecule has 1 saturated carbocycles. The van der Waals surface area contributed by atoms with Crippen LogP contribution >= 0.6 is 0 Å². The molecule has 7 nitrogen and oxygen atoms in total. The molecule has 174 valence electrons. The average Bonchev–Trinajstić information content (AvgIpc) is 3.37. The fourth-order valence-electron chi connectivity index (χ4n) is 5.61. The van der Waals surface area contributed by atoms with Gasteiger partial charge in [-0.25, -0.2) is 4.98 Å². The zero-order valence-electron chi connectivity index (χ0n) is 19.1. The van der Waals surface area contributed by atoms with E-state index in [4.69, 9.17) is 4.98 Å². The summed E-state index contributed by atoms with van der Waals surface area (Å²) in [5.41, 5.74) is 1.85. The largest absolute Gasteiger partial charge is 0.338 e. The van der Waals surface area contributed by atoms with E-state index in [1.165, 1.54) is 12.8 Å². The SMILES string of the molecule is O=C(CC1CCCC1)N1CCc2nc(C3CCCCN3C(=O)c3ccccc3)[nH]c(=O)c2C1. The molecule has 33 heavy (non-hydrogen) atoms. The zero-order valence-corrected chi connectivity index (χ0v) is 19.1. The van der Waals surface area contributed by atoms with Crippen LogP contribution in [0.5, 0.6) is 0 Å². The van der Waals surface area contributed by atoms with Gasteiger partial charge < -0.3 is 14.8 Å². The molecule has 2 amide bonds. The van der Waals surface area contributed by atoms with Crippen molar-refractivity contribution in [3.63, 3.8) is 0 Å². The maximum absolute atomic E-state index is 13.2. The summed E-state index contributed by atoms with van der Waals surface area (Å²) < 4.78 is 0. The normalized spacial score (nSPS) is 21.2. The second-order valence-corrected chi connectivity index (χ2v) is 9.67. The highest BCUT2D eigenvalue weighted by Crippen LogP contribution is 2.31. The second-order valence-electron chi connectivity index (χ2n) is 9.67. The van der Waals surface area contributed by atoms with E-state index in [1.54, 1.807) is 0 Å². The van der Waals surface area contributed by atoms with Crippen LogP contribution in [-0.2, 0) is 17.8 Å². The number of hydrogen-bond donors (Lipinski definition) is 1. The maximum Gasteiger partial charge on any atom is 0.256 e. The van der Waals surface area contributed by atoms with Crippen LogP contribution < -0.4 is 5.56 Å². The number of aromatic nitrogens is 2. The highest BCUT2D eigenvalue weighted by atomic mass is 16.2. The Balaban J connectivity index is 1.35. The Morgan fingerprint density at radius 3 is 2.55 bits per heavy atom. The van der Waals surface area contributed by atoms with Crippen LogP contribution in [0.25, 0.3) is 0 Å². The first kappa shape index (κ1) is 21.9. The van der Waals surface area contributed by atoms with Gasteiger partial charge in [-0.2, -0.15) is 0 Å². The Morgan fingerprint density at radius 2 is 1.76 bits per heavy atom. The Morgan fingerprint density at radius 1 is 1.00 bits per heavy atom. The number of piperidine rings is 1. The van der Waals surface area contributed by atoms with Gasteiger partial charge >= 0.3 is 0 Å². The standard InChI is InChI=1S/C26H32N4O3/c31-23(16-18-8-4-5-9-18)29-15-13-21-20(17-29)25(32)28-24(27-21)22-12-6-7-14-30(22)26(33)19-10-2-1-3-11-19/h1-3,10-11,18,22H,4-9,12-17H2,(H,27,28,32). The number of nitrogens with one attached hydrogen (secondary N) is 1. The molecule has 0 radical (unpaired) electrons. The van der Waals surface area contributed by atoms with Crippen molar-refractivity contribution in [2.75, 3.05) is 13.1 Å². The number of amides is 2. The van der Waals surface area contributed by atoms with Crippen LogP contribution in [0.2, 0.25) is 0 Å². The lowest BCUT2D eigenvalue weighted by Gasteiger charge is -2.36. The van der Waals surface area contributed by atoms with Gasteiger partial charge in [0.1, 0.15) is 5.82 Å². The lowest BCUT2D eigenvalue weighted by Crippen LogP contribution is -2.42. The smallest absolute Gasteiger partial charge is 0.256 e. The number of benzene rings is 1. The molecule has 0 spiro atoms. The highest BCUT2D eigenvalue weighted by Gasteiger charge is 2.33. The summed E-state index contributed by atoms with van der Waals surface area (Å²) in [5, 5.41) is 0. The van der Waals surface area contributed by atoms with Gasteiger partial charge in [0, 0.05) is 31.5 Å². The summed E-state index contributed by atoms with van der Waals surface area (Å²) in [4.78, 5) is 50.5. The monoisotopic (exact) mass is 448 g/mol. The third kappa shape index (κ3) is 4.59. The molecule has 1 N–H and O–H groups in total. The highest BCUT2D eigenvalue weighted by molar-refractivity contribution is 5.94. The van der Waals surface area contributed by atoms with Gasteiger partial charge in [-0.1, -0.05) is 31.0 Å². The molecule has 3 heterocycles. The fraction of sp³-hybridized carbons (Fsp3) is 0.538. The molecule has 0 bridgehead atoms. The molecule has 1 aromatic heterocycles. The Labute approximate surface area is 194 Å². The van der Waals surface area contributed by atoms with Gasteiger partial charge in [0.2, 0.25) is 5.91 Å². The van der Waals surface area contributed by atoms with Crippen LogP contribution in [0.4, 0.5) is 0 Å². The van der Waals surface area contributed by atoms with Gasteiger partial charge in [-0.3, -0.25) is 14.4 Å². The number of nitrogens with zero attached hydrogens (tertiary/aromatic N) is 3.